The Bertz CT molecular complexity index is 152. The monoisotopic (exact) mass is 136 g/mol. The first-order chi connectivity index (χ1) is 4.97. The van der Waals surface area contributed by atoms with Gasteiger partial charge in [0.25, 0.3) is 0 Å². The van der Waals surface area contributed by atoms with Gasteiger partial charge in [-0.2, -0.15) is 0 Å². The molecule has 0 bridgehead atoms. The molecule has 0 saturated carbocycles. The molecular weight excluding hydrogens is 124 g/mol. The van der Waals surface area contributed by atoms with Crippen molar-refractivity contribution in [3.8, 4) is 0 Å². The highest BCUT2D eigenvalue weighted by Crippen LogP contribution is 2.05. The second kappa shape index (κ2) is 2.56. The molecule has 0 fully saturated rings. The summed E-state index contributed by atoms with van der Waals surface area (Å²) >= 11 is 0. The predicted octanol–water partition coefficient (Wildman–Crippen LogP) is 0.0424. The number of hydrogen-bond acceptors (Lipinski definition) is 2. The maximum atomic E-state index is 3.37. The molecule has 2 unspecified atom stereocenters. The van der Waals surface area contributed by atoms with Crippen LogP contribution >= 0.6 is 0 Å². The molecule has 54 valence electrons. The van der Waals surface area contributed by atoms with E-state index in [2.05, 4.69) is 34.9 Å². The van der Waals surface area contributed by atoms with Gasteiger partial charge in [-0.25, -0.2) is 0 Å². The van der Waals surface area contributed by atoms with Crippen molar-refractivity contribution in [3.63, 3.8) is 0 Å². The zero-order valence-electron chi connectivity index (χ0n) is 5.88. The fourth-order valence-corrected chi connectivity index (χ4v) is 1.47. The first-order valence-corrected chi connectivity index (χ1v) is 3.77. The van der Waals surface area contributed by atoms with Crippen molar-refractivity contribution < 1.29 is 0 Å². The van der Waals surface area contributed by atoms with Crippen LogP contribution in [0, 0.1) is 0 Å². The van der Waals surface area contributed by atoms with E-state index in [0.717, 1.165) is 13.1 Å². The van der Waals surface area contributed by atoms with E-state index in [1.165, 1.54) is 0 Å². The molecule has 2 N–H and O–H groups in total. The van der Waals surface area contributed by atoms with Crippen molar-refractivity contribution in [2.75, 3.05) is 13.1 Å². The third-order valence-corrected chi connectivity index (χ3v) is 2.02. The first kappa shape index (κ1) is 6.13. The highest BCUT2D eigenvalue weighted by atomic mass is 15.0. The van der Waals surface area contributed by atoms with E-state index < -0.39 is 0 Å². The Morgan fingerprint density at radius 2 is 1.40 bits per heavy atom. The van der Waals surface area contributed by atoms with Gasteiger partial charge < -0.3 is 10.6 Å². The van der Waals surface area contributed by atoms with Crippen LogP contribution in [0.5, 0.6) is 0 Å². The molecule has 2 aliphatic rings. The molecule has 2 rings (SSSR count). The summed E-state index contributed by atoms with van der Waals surface area (Å²) in [6, 6.07) is 1.05. The highest BCUT2D eigenvalue weighted by molar-refractivity contribution is 5.16. The predicted molar refractivity (Wildman–Crippen MR) is 41.9 cm³/mol. The normalized spacial score (nSPS) is 37.6. The van der Waals surface area contributed by atoms with E-state index in [1.807, 2.05) is 0 Å². The van der Waals surface area contributed by atoms with Gasteiger partial charge in [0, 0.05) is 25.2 Å². The lowest BCUT2D eigenvalue weighted by Crippen LogP contribution is -2.40. The minimum absolute atomic E-state index is 0.527. The molecule has 0 saturated heterocycles. The molecule has 0 radical (unpaired) electrons. The van der Waals surface area contributed by atoms with Gasteiger partial charge in [-0.3, -0.25) is 0 Å². The summed E-state index contributed by atoms with van der Waals surface area (Å²) in [4.78, 5) is 0. The zero-order chi connectivity index (χ0) is 6.81. The van der Waals surface area contributed by atoms with Crippen molar-refractivity contribution >= 4 is 0 Å². The standard InChI is InChI=1S/C8H12N2/c1-3-7(9-5-1)8-4-2-6-10-8/h1-4,7-10H,5-6H2. The third kappa shape index (κ3) is 1.00. The molecule has 2 heterocycles. The van der Waals surface area contributed by atoms with E-state index >= 15 is 0 Å². The van der Waals surface area contributed by atoms with Crippen molar-refractivity contribution in [2.24, 2.45) is 0 Å². The molecule has 2 atom stereocenters. The lowest BCUT2D eigenvalue weighted by Gasteiger charge is -2.15. The minimum atomic E-state index is 0.527. The van der Waals surface area contributed by atoms with Crippen LogP contribution in [0.2, 0.25) is 0 Å². The van der Waals surface area contributed by atoms with E-state index in [1.54, 1.807) is 0 Å². The van der Waals surface area contributed by atoms with Crippen molar-refractivity contribution in [3.05, 3.63) is 24.3 Å². The second-order valence-electron chi connectivity index (χ2n) is 2.72. The van der Waals surface area contributed by atoms with Crippen LogP contribution in [-0.4, -0.2) is 25.2 Å². The van der Waals surface area contributed by atoms with Gasteiger partial charge in [0.15, 0.2) is 0 Å². The molecule has 0 aromatic rings. The number of hydrogen-bond donors (Lipinski definition) is 2. The SMILES string of the molecule is C1=CC(C2C=CCN2)NC1. The Morgan fingerprint density at radius 1 is 0.900 bits per heavy atom. The Hall–Kier alpha value is -0.600. The zero-order valence-corrected chi connectivity index (χ0v) is 5.88. The van der Waals surface area contributed by atoms with E-state index in [-0.39, 0.29) is 0 Å². The summed E-state index contributed by atoms with van der Waals surface area (Å²) in [7, 11) is 0. The summed E-state index contributed by atoms with van der Waals surface area (Å²) in [5, 5.41) is 6.75. The average Bonchev–Trinajstić information content (AvgIpc) is 2.59. The summed E-state index contributed by atoms with van der Waals surface area (Å²) < 4.78 is 0. The summed E-state index contributed by atoms with van der Waals surface area (Å²) in [6.45, 7) is 2.05. The molecule has 2 heteroatoms. The van der Waals surface area contributed by atoms with E-state index in [4.69, 9.17) is 0 Å². The highest BCUT2D eigenvalue weighted by Gasteiger charge is 2.19. The third-order valence-electron chi connectivity index (χ3n) is 2.02. The quantitative estimate of drug-likeness (QED) is 0.497. The van der Waals surface area contributed by atoms with Crippen LogP contribution in [0.1, 0.15) is 0 Å². The van der Waals surface area contributed by atoms with Gasteiger partial charge in [-0.05, 0) is 0 Å². The van der Waals surface area contributed by atoms with Gasteiger partial charge in [-0.1, -0.05) is 24.3 Å². The van der Waals surface area contributed by atoms with Crippen molar-refractivity contribution in [1.82, 2.24) is 10.6 Å². The van der Waals surface area contributed by atoms with Crippen LogP contribution < -0.4 is 10.6 Å². The average molecular weight is 136 g/mol. The lowest BCUT2D eigenvalue weighted by atomic mass is 10.1. The molecule has 0 aliphatic carbocycles. The topological polar surface area (TPSA) is 24.1 Å². The van der Waals surface area contributed by atoms with E-state index in [0.29, 0.717) is 12.1 Å². The van der Waals surface area contributed by atoms with Crippen LogP contribution in [0.15, 0.2) is 24.3 Å². The molecule has 0 spiro atoms. The van der Waals surface area contributed by atoms with Crippen LogP contribution in [0.4, 0.5) is 0 Å². The molecule has 10 heavy (non-hydrogen) atoms. The Labute approximate surface area is 61.0 Å². The Kier molecular flexibility index (Phi) is 1.57. The number of nitrogens with one attached hydrogen (secondary N) is 2. The maximum absolute atomic E-state index is 3.37. The summed E-state index contributed by atoms with van der Waals surface area (Å²) in [6.07, 6.45) is 8.82. The van der Waals surface area contributed by atoms with Gasteiger partial charge in [0.1, 0.15) is 0 Å². The van der Waals surface area contributed by atoms with Crippen molar-refractivity contribution in [1.29, 1.82) is 0 Å². The molecule has 0 aromatic carbocycles. The molecule has 2 aliphatic heterocycles. The fourth-order valence-electron chi connectivity index (χ4n) is 1.47. The minimum Gasteiger partial charge on any atom is -0.305 e. The van der Waals surface area contributed by atoms with Crippen LogP contribution in [-0.2, 0) is 0 Å². The number of rotatable bonds is 1. The Morgan fingerprint density at radius 3 is 1.70 bits per heavy atom. The molecule has 2 nitrogen and oxygen atoms in total. The second-order valence-corrected chi connectivity index (χ2v) is 2.72. The maximum Gasteiger partial charge on any atom is 0.0444 e. The molecule has 0 aromatic heterocycles. The summed E-state index contributed by atoms with van der Waals surface area (Å²) in [5.41, 5.74) is 0. The smallest absolute Gasteiger partial charge is 0.0444 e. The summed E-state index contributed by atoms with van der Waals surface area (Å²) in [5.74, 6) is 0. The van der Waals surface area contributed by atoms with Gasteiger partial charge >= 0.3 is 0 Å². The van der Waals surface area contributed by atoms with E-state index in [9.17, 15) is 0 Å². The van der Waals surface area contributed by atoms with Crippen molar-refractivity contribution in [2.45, 2.75) is 12.1 Å². The largest absolute Gasteiger partial charge is 0.305 e. The molecular formula is C8H12N2. The molecule has 0 amide bonds. The van der Waals surface area contributed by atoms with Gasteiger partial charge in [0.05, 0.1) is 0 Å². The van der Waals surface area contributed by atoms with Crippen LogP contribution in [0.3, 0.4) is 0 Å². The Balaban J connectivity index is 1.98. The van der Waals surface area contributed by atoms with Gasteiger partial charge in [-0.15, -0.1) is 0 Å². The van der Waals surface area contributed by atoms with Crippen LogP contribution in [0.25, 0.3) is 0 Å². The lowest BCUT2D eigenvalue weighted by molar-refractivity contribution is 0.540. The first-order valence-electron chi connectivity index (χ1n) is 3.77. The van der Waals surface area contributed by atoms with Gasteiger partial charge in [0.2, 0.25) is 0 Å². The fraction of sp³-hybridized carbons (Fsp3) is 0.500.